The van der Waals surface area contributed by atoms with E-state index in [1.807, 2.05) is 71.0 Å². The third-order valence-corrected chi connectivity index (χ3v) is 5.44. The van der Waals surface area contributed by atoms with Crippen LogP contribution in [0.25, 0.3) is 0 Å². The van der Waals surface area contributed by atoms with E-state index in [4.69, 9.17) is 9.39 Å². The van der Waals surface area contributed by atoms with Crippen molar-refractivity contribution in [3.8, 4) is 0 Å². The molecular formula is C21H26BNO3. The van der Waals surface area contributed by atoms with Crippen molar-refractivity contribution in [2.45, 2.75) is 52.1 Å². The van der Waals surface area contributed by atoms with Crippen molar-refractivity contribution in [2.24, 2.45) is 0 Å². The molecule has 1 aromatic carbocycles. The molecule has 0 atom stereocenters. The Labute approximate surface area is 156 Å². The van der Waals surface area contributed by atoms with Gasteiger partial charge in [-0.25, -0.2) is 0 Å². The lowest BCUT2D eigenvalue weighted by Crippen LogP contribution is -2.52. The average Bonchev–Trinajstić information content (AvgIpc) is 2.70. The Bertz CT molecular complexity index is 799. The number of ether oxygens (including phenoxy) is 1. The predicted octanol–water partition coefficient (Wildman–Crippen LogP) is 3.42. The molecule has 1 saturated heterocycles. The maximum Gasteiger partial charge on any atom is 0.332 e. The summed E-state index contributed by atoms with van der Waals surface area (Å²) in [7, 11) is 0. The van der Waals surface area contributed by atoms with Crippen LogP contribution < -0.4 is 5.46 Å². The molecule has 0 N–H and O–H groups in total. The first-order valence-electron chi connectivity index (χ1n) is 9.09. The quantitative estimate of drug-likeness (QED) is 0.628. The molecule has 26 heavy (non-hydrogen) atoms. The zero-order chi connectivity index (χ0) is 18.9. The van der Waals surface area contributed by atoms with Crippen LogP contribution in [0.2, 0.25) is 6.32 Å². The van der Waals surface area contributed by atoms with E-state index in [1.165, 1.54) is 0 Å². The van der Waals surface area contributed by atoms with Crippen LogP contribution in [0.1, 0.15) is 49.3 Å². The summed E-state index contributed by atoms with van der Waals surface area (Å²) in [6.45, 7) is 10.5. The molecule has 0 amide bonds. The van der Waals surface area contributed by atoms with Crippen LogP contribution in [0.15, 0.2) is 42.6 Å². The predicted molar refractivity (Wildman–Crippen MR) is 104 cm³/mol. The number of aromatic nitrogens is 1. The number of carbonyl (C=O) groups is 1. The van der Waals surface area contributed by atoms with Crippen molar-refractivity contribution >= 4 is 18.2 Å². The second-order valence-corrected chi connectivity index (χ2v) is 7.90. The molecule has 1 fully saturated rings. The summed E-state index contributed by atoms with van der Waals surface area (Å²) in [5.41, 5.74) is 2.14. The van der Waals surface area contributed by atoms with Crippen molar-refractivity contribution < 1.29 is 14.2 Å². The number of carbonyl (C=O) groups excluding carboxylic acids is 1. The summed E-state index contributed by atoms with van der Waals surface area (Å²) in [5, 5.41) is 0. The normalized spacial score (nSPS) is 19.0. The summed E-state index contributed by atoms with van der Waals surface area (Å²) in [6, 6.07) is 11.4. The van der Waals surface area contributed by atoms with Crippen molar-refractivity contribution in [1.82, 2.24) is 4.98 Å². The lowest BCUT2D eigenvalue weighted by atomic mass is 9.56. The van der Waals surface area contributed by atoms with Crippen molar-refractivity contribution in [2.75, 3.05) is 6.61 Å². The van der Waals surface area contributed by atoms with Crippen LogP contribution in [-0.2, 0) is 9.39 Å². The monoisotopic (exact) mass is 351 g/mol. The van der Waals surface area contributed by atoms with Gasteiger partial charge in [-0.3, -0.25) is 9.78 Å². The molecule has 1 aliphatic heterocycles. The highest BCUT2D eigenvalue weighted by molar-refractivity contribution is 6.69. The largest absolute Gasteiger partial charge is 0.423 e. The highest BCUT2D eigenvalue weighted by Crippen LogP contribution is 2.33. The standard InChI is InChI=1S/C21H26BNO3/c1-15-8-10-16(11-9-15)19(24)18-17(7-6-13-23-18)22-12-14-25-20(2,3)21(4,5)26-22/h6-11,13H,12,14H2,1-5H3. The minimum Gasteiger partial charge on any atom is -0.423 e. The minimum absolute atomic E-state index is 0.0774. The highest BCUT2D eigenvalue weighted by atomic mass is 16.5. The fraction of sp³-hybridized carbons (Fsp3) is 0.429. The molecule has 0 radical (unpaired) electrons. The Morgan fingerprint density at radius 3 is 2.46 bits per heavy atom. The van der Waals surface area contributed by atoms with Crippen LogP contribution in [-0.4, -0.2) is 35.5 Å². The van der Waals surface area contributed by atoms with E-state index in [-0.39, 0.29) is 12.7 Å². The number of ketones is 1. The molecule has 3 rings (SSSR count). The molecule has 0 aliphatic carbocycles. The molecule has 2 aromatic rings. The van der Waals surface area contributed by atoms with Crippen molar-refractivity contribution in [3.05, 3.63) is 59.4 Å². The summed E-state index contributed by atoms with van der Waals surface area (Å²) in [6.07, 6.45) is 2.35. The van der Waals surface area contributed by atoms with Gasteiger partial charge < -0.3 is 9.39 Å². The van der Waals surface area contributed by atoms with E-state index in [1.54, 1.807) is 6.20 Å². The van der Waals surface area contributed by atoms with Gasteiger partial charge in [0, 0.05) is 18.4 Å². The molecule has 1 aromatic heterocycles. The number of pyridine rings is 1. The van der Waals surface area contributed by atoms with Gasteiger partial charge in [0.1, 0.15) is 5.69 Å². The Morgan fingerprint density at radius 2 is 1.77 bits per heavy atom. The first kappa shape index (κ1) is 18.8. The highest BCUT2D eigenvalue weighted by Gasteiger charge is 2.45. The number of rotatable bonds is 3. The molecule has 0 saturated carbocycles. The van der Waals surface area contributed by atoms with E-state index in [2.05, 4.69) is 4.98 Å². The Balaban J connectivity index is 1.97. The summed E-state index contributed by atoms with van der Waals surface area (Å²) < 4.78 is 12.5. The number of benzene rings is 1. The van der Waals surface area contributed by atoms with E-state index >= 15 is 0 Å². The van der Waals surface area contributed by atoms with Gasteiger partial charge in [0.05, 0.1) is 11.2 Å². The van der Waals surface area contributed by atoms with Crippen LogP contribution >= 0.6 is 0 Å². The topological polar surface area (TPSA) is 48.4 Å². The van der Waals surface area contributed by atoms with Gasteiger partial charge in [-0.05, 0) is 52.5 Å². The Kier molecular flexibility index (Phi) is 5.04. The second kappa shape index (κ2) is 6.97. The number of nitrogens with zero attached hydrogens (tertiary/aromatic N) is 1. The van der Waals surface area contributed by atoms with Gasteiger partial charge in [0.25, 0.3) is 0 Å². The van der Waals surface area contributed by atoms with Crippen molar-refractivity contribution in [3.63, 3.8) is 0 Å². The number of hydrogen-bond donors (Lipinski definition) is 0. The van der Waals surface area contributed by atoms with Gasteiger partial charge in [0.15, 0.2) is 0 Å². The summed E-state index contributed by atoms with van der Waals surface area (Å²) in [4.78, 5) is 17.4. The molecule has 0 spiro atoms. The second-order valence-electron chi connectivity index (χ2n) is 7.90. The third-order valence-electron chi connectivity index (χ3n) is 5.44. The van der Waals surface area contributed by atoms with Crippen molar-refractivity contribution in [1.29, 1.82) is 0 Å². The van der Waals surface area contributed by atoms with E-state index in [0.717, 1.165) is 11.0 Å². The molecule has 4 nitrogen and oxygen atoms in total. The SMILES string of the molecule is Cc1ccc(C(=O)c2ncccc2B2CCOC(C)(C)C(C)(C)O2)cc1. The first-order valence-corrected chi connectivity index (χ1v) is 9.09. The molecular weight excluding hydrogens is 325 g/mol. The molecule has 2 heterocycles. The van der Waals surface area contributed by atoms with Gasteiger partial charge in [-0.2, -0.15) is 0 Å². The molecule has 1 aliphatic rings. The fourth-order valence-electron chi connectivity index (χ4n) is 3.08. The third kappa shape index (κ3) is 3.60. The van der Waals surface area contributed by atoms with Gasteiger partial charge in [-0.1, -0.05) is 35.9 Å². The summed E-state index contributed by atoms with van der Waals surface area (Å²) >= 11 is 0. The molecule has 136 valence electrons. The molecule has 5 heteroatoms. The van der Waals surface area contributed by atoms with Gasteiger partial charge in [0.2, 0.25) is 5.78 Å². The smallest absolute Gasteiger partial charge is 0.332 e. The maximum absolute atomic E-state index is 13.0. The number of hydrogen-bond acceptors (Lipinski definition) is 4. The van der Waals surface area contributed by atoms with Gasteiger partial charge >= 0.3 is 6.92 Å². The van der Waals surface area contributed by atoms with E-state index in [9.17, 15) is 4.79 Å². The molecule has 0 bridgehead atoms. The van der Waals surface area contributed by atoms with E-state index < -0.39 is 11.2 Å². The zero-order valence-electron chi connectivity index (χ0n) is 16.2. The number of aryl methyl sites for hydroxylation is 1. The Morgan fingerprint density at radius 1 is 1.08 bits per heavy atom. The van der Waals surface area contributed by atoms with Gasteiger partial charge in [-0.15, -0.1) is 0 Å². The lowest BCUT2D eigenvalue weighted by Gasteiger charge is -2.40. The average molecular weight is 351 g/mol. The fourth-order valence-corrected chi connectivity index (χ4v) is 3.08. The summed E-state index contributed by atoms with van der Waals surface area (Å²) in [5.74, 6) is -0.0774. The lowest BCUT2D eigenvalue weighted by molar-refractivity contribution is -0.120. The van der Waals surface area contributed by atoms with Crippen LogP contribution in [0.4, 0.5) is 0 Å². The minimum atomic E-state index is -0.492. The van der Waals surface area contributed by atoms with Crippen LogP contribution in [0.5, 0.6) is 0 Å². The molecule has 0 unspecified atom stereocenters. The zero-order valence-corrected chi connectivity index (χ0v) is 16.2. The van der Waals surface area contributed by atoms with Crippen LogP contribution in [0, 0.1) is 6.92 Å². The van der Waals surface area contributed by atoms with E-state index in [0.29, 0.717) is 24.2 Å². The maximum atomic E-state index is 13.0. The first-order chi connectivity index (χ1) is 12.2. The van der Waals surface area contributed by atoms with Crippen LogP contribution in [0.3, 0.4) is 0 Å². The Hall–Kier alpha value is -1.98.